The first-order valence-electron chi connectivity index (χ1n) is 10.6. The monoisotopic (exact) mass is 493 g/mol. The van der Waals surface area contributed by atoms with Crippen molar-refractivity contribution in [2.45, 2.75) is 49.8 Å². The van der Waals surface area contributed by atoms with Gasteiger partial charge in [-0.1, -0.05) is 11.6 Å². The lowest BCUT2D eigenvalue weighted by molar-refractivity contribution is -0.120. The van der Waals surface area contributed by atoms with Crippen molar-refractivity contribution in [3.8, 4) is 10.7 Å². The highest BCUT2D eigenvalue weighted by Gasteiger charge is 2.35. The van der Waals surface area contributed by atoms with Crippen LogP contribution in [0.5, 0.6) is 0 Å². The molecule has 2 aliphatic rings. The maximum atomic E-state index is 13.4. The molecule has 1 aliphatic carbocycles. The van der Waals surface area contributed by atoms with Crippen molar-refractivity contribution in [2.75, 3.05) is 18.4 Å². The van der Waals surface area contributed by atoms with E-state index in [2.05, 4.69) is 20.4 Å². The first-order chi connectivity index (χ1) is 15.4. The molecule has 3 aromatic heterocycles. The first-order valence-corrected chi connectivity index (χ1v) is 13.7. The van der Waals surface area contributed by atoms with Crippen LogP contribution in [0.25, 0.3) is 10.7 Å². The van der Waals surface area contributed by atoms with E-state index >= 15 is 0 Å². The molecule has 1 atom stereocenters. The van der Waals surface area contributed by atoms with Gasteiger partial charge in [0.2, 0.25) is 27.6 Å². The molecule has 5 rings (SSSR count). The van der Waals surface area contributed by atoms with Gasteiger partial charge < -0.3 is 9.84 Å². The predicted octanol–water partition coefficient (Wildman–Crippen LogP) is 3.87. The summed E-state index contributed by atoms with van der Waals surface area (Å²) in [6.07, 6.45) is 6.16. The Labute approximate surface area is 193 Å². The summed E-state index contributed by atoms with van der Waals surface area (Å²) < 4.78 is 33.7. The van der Waals surface area contributed by atoms with Crippen molar-refractivity contribution in [3.05, 3.63) is 28.4 Å². The molecule has 0 spiro atoms. The zero-order valence-corrected chi connectivity index (χ0v) is 19.9. The number of anilines is 1. The summed E-state index contributed by atoms with van der Waals surface area (Å²) >= 11 is 2.68. The number of rotatable bonds is 6. The van der Waals surface area contributed by atoms with Crippen molar-refractivity contribution in [1.29, 1.82) is 0 Å². The fourth-order valence-corrected chi connectivity index (χ4v) is 7.54. The number of carbonyl (C=O) groups excluding carboxylic acids is 1. The standard InChI is InChI=1S/C20H23N5O4S3/c1-12-16(10-15(31-12)17-22-19(29-24-17)13-4-2-5-13)32(27,28)25-8-3-6-14(11-25)18(26)23-20-21-7-9-30-20/h7,9-10,13-14H,2-6,8,11H2,1H3,(H,21,23,26)/t14-/m1/s1. The van der Waals surface area contributed by atoms with Gasteiger partial charge in [-0.05, 0) is 38.7 Å². The quantitative estimate of drug-likeness (QED) is 0.554. The van der Waals surface area contributed by atoms with Gasteiger partial charge in [0.25, 0.3) is 0 Å². The van der Waals surface area contributed by atoms with E-state index in [0.717, 1.165) is 12.8 Å². The van der Waals surface area contributed by atoms with E-state index in [0.29, 0.717) is 51.9 Å². The molecule has 32 heavy (non-hydrogen) atoms. The number of carbonyl (C=O) groups is 1. The first kappa shape index (κ1) is 21.7. The topological polar surface area (TPSA) is 118 Å². The minimum atomic E-state index is -3.75. The number of thiophene rings is 1. The van der Waals surface area contributed by atoms with Crippen LogP contribution in [0.2, 0.25) is 0 Å². The fourth-order valence-electron chi connectivity index (χ4n) is 3.99. The number of piperidine rings is 1. The van der Waals surface area contributed by atoms with Crippen LogP contribution in [0.4, 0.5) is 5.13 Å². The predicted molar refractivity (Wildman–Crippen MR) is 121 cm³/mol. The molecule has 1 N–H and O–H groups in total. The summed E-state index contributed by atoms with van der Waals surface area (Å²) in [4.78, 5) is 22.8. The summed E-state index contributed by atoms with van der Waals surface area (Å²) in [6, 6.07) is 1.63. The Morgan fingerprint density at radius 3 is 2.84 bits per heavy atom. The molecule has 170 valence electrons. The van der Waals surface area contributed by atoms with Gasteiger partial charge in [-0.2, -0.15) is 9.29 Å². The third kappa shape index (κ3) is 4.12. The number of amides is 1. The molecular formula is C20H23N5O4S3. The van der Waals surface area contributed by atoms with Gasteiger partial charge >= 0.3 is 0 Å². The molecule has 0 unspecified atom stereocenters. The number of aromatic nitrogens is 3. The maximum Gasteiger partial charge on any atom is 0.244 e. The van der Waals surface area contributed by atoms with E-state index in [1.807, 2.05) is 0 Å². The van der Waals surface area contributed by atoms with Crippen LogP contribution in [-0.4, -0.2) is 46.8 Å². The molecule has 0 radical (unpaired) electrons. The van der Waals surface area contributed by atoms with Gasteiger partial charge in [-0.25, -0.2) is 13.4 Å². The molecule has 0 aromatic carbocycles. The van der Waals surface area contributed by atoms with E-state index in [4.69, 9.17) is 4.52 Å². The average Bonchev–Trinajstić information content (AvgIpc) is 3.48. The number of nitrogens with zero attached hydrogens (tertiary/aromatic N) is 4. The van der Waals surface area contributed by atoms with Crippen molar-refractivity contribution in [2.24, 2.45) is 5.92 Å². The lowest BCUT2D eigenvalue weighted by atomic mass is 9.85. The molecule has 9 nitrogen and oxygen atoms in total. The SMILES string of the molecule is Cc1sc(-c2noc(C3CCC3)n2)cc1S(=O)(=O)N1CCC[C@@H](C(=O)Nc2nccs2)C1. The van der Waals surface area contributed by atoms with Crippen LogP contribution < -0.4 is 5.32 Å². The van der Waals surface area contributed by atoms with Crippen LogP contribution >= 0.6 is 22.7 Å². The molecule has 0 bridgehead atoms. The second-order valence-electron chi connectivity index (χ2n) is 8.14. The zero-order chi connectivity index (χ0) is 22.3. The summed E-state index contributed by atoms with van der Waals surface area (Å²) in [5, 5.41) is 9.15. The van der Waals surface area contributed by atoms with E-state index in [1.165, 1.54) is 33.4 Å². The molecule has 1 aliphatic heterocycles. The van der Waals surface area contributed by atoms with Crippen molar-refractivity contribution >= 4 is 43.7 Å². The van der Waals surface area contributed by atoms with Crippen LogP contribution in [-0.2, 0) is 14.8 Å². The van der Waals surface area contributed by atoms with Crippen LogP contribution in [0.15, 0.2) is 27.1 Å². The van der Waals surface area contributed by atoms with Gasteiger partial charge in [0, 0.05) is 35.5 Å². The van der Waals surface area contributed by atoms with Gasteiger partial charge in [-0.15, -0.1) is 22.7 Å². The van der Waals surface area contributed by atoms with Gasteiger partial charge in [-0.3, -0.25) is 4.79 Å². The number of thiazole rings is 1. The normalized spacial score (nSPS) is 20.2. The van der Waals surface area contributed by atoms with Crippen LogP contribution in [0.1, 0.15) is 48.8 Å². The Bertz CT molecular complexity index is 1210. The van der Waals surface area contributed by atoms with E-state index in [-0.39, 0.29) is 17.3 Å². The Morgan fingerprint density at radius 1 is 1.28 bits per heavy atom. The van der Waals surface area contributed by atoms with Crippen molar-refractivity contribution < 1.29 is 17.7 Å². The van der Waals surface area contributed by atoms with Gasteiger partial charge in [0.15, 0.2) is 5.13 Å². The molecular weight excluding hydrogens is 470 g/mol. The number of hydrogen-bond donors (Lipinski definition) is 1. The minimum Gasteiger partial charge on any atom is -0.339 e. The van der Waals surface area contributed by atoms with E-state index in [1.54, 1.807) is 24.6 Å². The van der Waals surface area contributed by atoms with E-state index < -0.39 is 15.9 Å². The zero-order valence-electron chi connectivity index (χ0n) is 17.5. The third-order valence-electron chi connectivity index (χ3n) is 6.02. The molecule has 1 saturated carbocycles. The van der Waals surface area contributed by atoms with Gasteiger partial charge in [0.05, 0.1) is 15.7 Å². The molecule has 4 heterocycles. The highest BCUT2D eigenvalue weighted by Crippen LogP contribution is 2.38. The second-order valence-corrected chi connectivity index (χ2v) is 12.2. The molecule has 12 heteroatoms. The summed E-state index contributed by atoms with van der Waals surface area (Å²) in [7, 11) is -3.75. The Kier molecular flexibility index (Phi) is 5.86. The Balaban J connectivity index is 1.33. The molecule has 1 amide bonds. The number of nitrogens with one attached hydrogen (secondary N) is 1. The van der Waals surface area contributed by atoms with Crippen molar-refractivity contribution in [1.82, 2.24) is 19.4 Å². The number of sulfonamides is 1. The number of aryl methyl sites for hydroxylation is 1. The summed E-state index contributed by atoms with van der Waals surface area (Å²) in [5.74, 6) is 0.773. The lowest BCUT2D eigenvalue weighted by Gasteiger charge is -2.31. The maximum absolute atomic E-state index is 13.4. The average molecular weight is 494 g/mol. The largest absolute Gasteiger partial charge is 0.339 e. The second kappa shape index (κ2) is 8.65. The minimum absolute atomic E-state index is 0.151. The summed E-state index contributed by atoms with van der Waals surface area (Å²) in [5.41, 5.74) is 0. The highest BCUT2D eigenvalue weighted by atomic mass is 32.2. The van der Waals surface area contributed by atoms with E-state index in [9.17, 15) is 13.2 Å². The van der Waals surface area contributed by atoms with Crippen LogP contribution in [0.3, 0.4) is 0 Å². The Morgan fingerprint density at radius 2 is 2.12 bits per heavy atom. The Hall–Kier alpha value is -2.15. The van der Waals surface area contributed by atoms with Gasteiger partial charge in [0.1, 0.15) is 0 Å². The number of hydrogen-bond acceptors (Lipinski definition) is 9. The van der Waals surface area contributed by atoms with Crippen LogP contribution in [0, 0.1) is 12.8 Å². The highest BCUT2D eigenvalue weighted by molar-refractivity contribution is 7.89. The molecule has 1 saturated heterocycles. The lowest BCUT2D eigenvalue weighted by Crippen LogP contribution is -2.43. The molecule has 2 fully saturated rings. The third-order valence-corrected chi connectivity index (χ3v) is 9.88. The summed E-state index contributed by atoms with van der Waals surface area (Å²) in [6.45, 7) is 2.32. The van der Waals surface area contributed by atoms with Crippen molar-refractivity contribution in [3.63, 3.8) is 0 Å². The fraction of sp³-hybridized carbons (Fsp3) is 0.500. The molecule has 3 aromatic rings. The smallest absolute Gasteiger partial charge is 0.244 e.